The van der Waals surface area contributed by atoms with Crippen LogP contribution in [0.25, 0.3) is 0 Å². The molecule has 0 aromatic carbocycles. The summed E-state index contributed by atoms with van der Waals surface area (Å²) in [7, 11) is 0. The topological polar surface area (TPSA) is 32.7 Å². The third-order valence-electron chi connectivity index (χ3n) is 2.42. The molecular weight excluding hydrogens is 154 g/mol. The van der Waals surface area contributed by atoms with Crippen LogP contribution in [0.5, 0.6) is 0 Å². The minimum absolute atomic E-state index is 0.175. The molecule has 0 radical (unpaired) electrons. The molecule has 0 spiro atoms. The van der Waals surface area contributed by atoms with E-state index in [2.05, 4.69) is 11.8 Å². The zero-order valence-corrected chi connectivity index (χ0v) is 7.99. The minimum atomic E-state index is -0.175. The molecule has 1 aliphatic heterocycles. The van der Waals surface area contributed by atoms with Crippen LogP contribution < -0.4 is 0 Å². The van der Waals surface area contributed by atoms with Crippen molar-refractivity contribution in [3.8, 4) is 0 Å². The van der Waals surface area contributed by atoms with Crippen molar-refractivity contribution in [2.45, 2.75) is 32.4 Å². The van der Waals surface area contributed by atoms with E-state index in [1.165, 1.54) is 0 Å². The summed E-state index contributed by atoms with van der Waals surface area (Å²) in [4.78, 5) is 2.29. The van der Waals surface area contributed by atoms with Gasteiger partial charge in [-0.25, -0.2) is 0 Å². The predicted molar refractivity (Wildman–Crippen MR) is 48.2 cm³/mol. The minimum Gasteiger partial charge on any atom is -0.392 e. The molecule has 3 heteroatoms. The monoisotopic (exact) mass is 173 g/mol. The molecule has 1 rings (SSSR count). The summed E-state index contributed by atoms with van der Waals surface area (Å²) in [5.74, 6) is 0. The molecule has 1 heterocycles. The first-order valence-corrected chi connectivity index (χ1v) is 4.74. The van der Waals surface area contributed by atoms with E-state index in [0.29, 0.717) is 6.04 Å². The molecule has 2 atom stereocenters. The van der Waals surface area contributed by atoms with Gasteiger partial charge in [-0.3, -0.25) is 4.90 Å². The van der Waals surface area contributed by atoms with Gasteiger partial charge in [0.2, 0.25) is 0 Å². The second kappa shape index (κ2) is 4.80. The summed E-state index contributed by atoms with van der Waals surface area (Å²) < 4.78 is 5.30. The molecule has 0 bridgehead atoms. The molecule has 1 N–H and O–H groups in total. The van der Waals surface area contributed by atoms with Gasteiger partial charge in [0.1, 0.15) is 0 Å². The zero-order chi connectivity index (χ0) is 8.97. The van der Waals surface area contributed by atoms with E-state index < -0.39 is 0 Å². The molecule has 0 saturated carbocycles. The van der Waals surface area contributed by atoms with Gasteiger partial charge in [-0.05, 0) is 13.3 Å². The largest absolute Gasteiger partial charge is 0.392 e. The van der Waals surface area contributed by atoms with Gasteiger partial charge in [-0.2, -0.15) is 0 Å². The summed E-state index contributed by atoms with van der Waals surface area (Å²) in [6.07, 6.45) is 0.662. The van der Waals surface area contributed by atoms with Crippen LogP contribution in [-0.2, 0) is 4.74 Å². The second-order valence-corrected chi connectivity index (χ2v) is 3.48. The van der Waals surface area contributed by atoms with Crippen LogP contribution in [0.1, 0.15) is 20.3 Å². The lowest BCUT2D eigenvalue weighted by molar-refractivity contribution is -0.0202. The molecule has 3 nitrogen and oxygen atoms in total. The zero-order valence-electron chi connectivity index (χ0n) is 7.99. The molecule has 0 unspecified atom stereocenters. The molecule has 1 fully saturated rings. The van der Waals surface area contributed by atoms with Crippen molar-refractivity contribution < 1.29 is 9.84 Å². The van der Waals surface area contributed by atoms with Crippen LogP contribution in [-0.4, -0.2) is 48.5 Å². The first-order chi connectivity index (χ1) is 5.74. The Morgan fingerprint density at radius 2 is 2.42 bits per heavy atom. The number of rotatable bonds is 3. The third-order valence-corrected chi connectivity index (χ3v) is 2.42. The van der Waals surface area contributed by atoms with Gasteiger partial charge in [0.25, 0.3) is 0 Å². The number of hydrogen-bond donors (Lipinski definition) is 1. The lowest BCUT2D eigenvalue weighted by Gasteiger charge is -2.34. The molecule has 72 valence electrons. The van der Waals surface area contributed by atoms with Crippen LogP contribution in [0.15, 0.2) is 0 Å². The number of β-amino-alcohol motifs (C(OH)–C–C–N with tert-alkyl or cyclic N) is 1. The standard InChI is InChI=1S/C9H19NO2/c1-3-9(11)6-10-4-5-12-7-8(10)2/h8-9,11H,3-7H2,1-2H3/t8-,9-/m1/s1. The van der Waals surface area contributed by atoms with Crippen molar-refractivity contribution in [2.24, 2.45) is 0 Å². The van der Waals surface area contributed by atoms with E-state index in [1.54, 1.807) is 0 Å². The number of ether oxygens (including phenoxy) is 1. The van der Waals surface area contributed by atoms with E-state index in [1.807, 2.05) is 6.92 Å². The lowest BCUT2D eigenvalue weighted by atomic mass is 10.2. The Bertz CT molecular complexity index is 130. The summed E-state index contributed by atoms with van der Waals surface area (Å²) in [5, 5.41) is 9.45. The Balaban J connectivity index is 2.28. The van der Waals surface area contributed by atoms with Gasteiger partial charge in [-0.15, -0.1) is 0 Å². The molecule has 0 aromatic heterocycles. The number of hydrogen-bond acceptors (Lipinski definition) is 3. The molecule has 12 heavy (non-hydrogen) atoms. The Morgan fingerprint density at radius 1 is 1.67 bits per heavy atom. The van der Waals surface area contributed by atoms with Crippen molar-refractivity contribution >= 4 is 0 Å². The number of aliphatic hydroxyl groups is 1. The Labute approximate surface area is 74.3 Å². The molecule has 1 saturated heterocycles. The summed E-state index contributed by atoms with van der Waals surface area (Å²) in [6, 6.07) is 0.458. The molecular formula is C9H19NO2. The van der Waals surface area contributed by atoms with Crippen LogP contribution >= 0.6 is 0 Å². The normalized spacial score (nSPS) is 28.8. The fourth-order valence-corrected chi connectivity index (χ4v) is 1.43. The maximum Gasteiger partial charge on any atom is 0.0664 e. The van der Waals surface area contributed by atoms with Crippen molar-refractivity contribution in [2.75, 3.05) is 26.3 Å². The Hall–Kier alpha value is -0.120. The number of nitrogens with zero attached hydrogens (tertiary/aromatic N) is 1. The van der Waals surface area contributed by atoms with Crippen molar-refractivity contribution in [1.82, 2.24) is 4.90 Å². The summed E-state index contributed by atoms with van der Waals surface area (Å²) >= 11 is 0. The Morgan fingerprint density at radius 3 is 3.00 bits per heavy atom. The highest BCUT2D eigenvalue weighted by molar-refractivity contribution is 4.73. The fraction of sp³-hybridized carbons (Fsp3) is 1.00. The van der Waals surface area contributed by atoms with Gasteiger partial charge < -0.3 is 9.84 Å². The Kier molecular flexibility index (Phi) is 3.98. The highest BCUT2D eigenvalue weighted by atomic mass is 16.5. The first-order valence-electron chi connectivity index (χ1n) is 4.74. The van der Waals surface area contributed by atoms with Crippen LogP contribution in [0, 0.1) is 0 Å². The SMILES string of the molecule is CC[C@@H](O)CN1CCOC[C@H]1C. The second-order valence-electron chi connectivity index (χ2n) is 3.48. The van der Waals surface area contributed by atoms with Crippen LogP contribution in [0.2, 0.25) is 0 Å². The maximum atomic E-state index is 9.45. The van der Waals surface area contributed by atoms with Crippen molar-refractivity contribution in [3.05, 3.63) is 0 Å². The highest BCUT2D eigenvalue weighted by Gasteiger charge is 2.20. The van der Waals surface area contributed by atoms with Crippen molar-refractivity contribution in [1.29, 1.82) is 0 Å². The summed E-state index contributed by atoms with van der Waals surface area (Å²) in [5.41, 5.74) is 0. The average molecular weight is 173 g/mol. The lowest BCUT2D eigenvalue weighted by Crippen LogP contribution is -2.46. The van der Waals surface area contributed by atoms with E-state index in [-0.39, 0.29) is 6.10 Å². The molecule has 1 aliphatic rings. The van der Waals surface area contributed by atoms with E-state index in [0.717, 1.165) is 32.7 Å². The third kappa shape index (κ3) is 2.73. The van der Waals surface area contributed by atoms with Gasteiger partial charge >= 0.3 is 0 Å². The fourth-order valence-electron chi connectivity index (χ4n) is 1.43. The summed E-state index contributed by atoms with van der Waals surface area (Å²) in [6.45, 7) is 7.51. The number of aliphatic hydroxyl groups excluding tert-OH is 1. The average Bonchev–Trinajstić information content (AvgIpc) is 2.09. The van der Waals surface area contributed by atoms with Gasteiger partial charge in [0.15, 0.2) is 0 Å². The molecule has 0 amide bonds. The predicted octanol–water partition coefficient (Wildman–Crippen LogP) is 0.478. The van der Waals surface area contributed by atoms with E-state index in [4.69, 9.17) is 4.74 Å². The molecule has 0 aliphatic carbocycles. The van der Waals surface area contributed by atoms with Crippen LogP contribution in [0.4, 0.5) is 0 Å². The van der Waals surface area contributed by atoms with Crippen molar-refractivity contribution in [3.63, 3.8) is 0 Å². The van der Waals surface area contributed by atoms with Gasteiger partial charge in [0.05, 0.1) is 19.3 Å². The quantitative estimate of drug-likeness (QED) is 0.673. The van der Waals surface area contributed by atoms with Crippen LogP contribution in [0.3, 0.4) is 0 Å². The first kappa shape index (κ1) is 9.96. The van der Waals surface area contributed by atoms with E-state index >= 15 is 0 Å². The van der Waals surface area contributed by atoms with Gasteiger partial charge in [-0.1, -0.05) is 6.92 Å². The smallest absolute Gasteiger partial charge is 0.0664 e. The molecule has 0 aromatic rings. The highest BCUT2D eigenvalue weighted by Crippen LogP contribution is 2.07. The van der Waals surface area contributed by atoms with Gasteiger partial charge in [0, 0.05) is 19.1 Å². The number of morpholine rings is 1. The maximum absolute atomic E-state index is 9.45. The van der Waals surface area contributed by atoms with E-state index in [9.17, 15) is 5.11 Å².